The van der Waals surface area contributed by atoms with E-state index in [4.69, 9.17) is 9.72 Å². The molecule has 1 unspecified atom stereocenters. The number of carbonyl (C=O) groups is 1. The van der Waals surface area contributed by atoms with Crippen LogP contribution in [0, 0.1) is 13.8 Å². The van der Waals surface area contributed by atoms with Gasteiger partial charge in [0.05, 0.1) is 23.6 Å². The van der Waals surface area contributed by atoms with Crippen molar-refractivity contribution in [3.8, 4) is 22.0 Å². The molecule has 7 heteroatoms. The monoisotopic (exact) mass is 454 g/mol. The molecule has 32 heavy (non-hydrogen) atoms. The first-order valence-electron chi connectivity index (χ1n) is 11.4. The minimum atomic E-state index is -0.0129. The van der Waals surface area contributed by atoms with Crippen molar-refractivity contribution in [2.24, 2.45) is 0 Å². The van der Waals surface area contributed by atoms with Crippen LogP contribution < -0.4 is 5.32 Å². The maximum absolute atomic E-state index is 13.1. The second-order valence-corrected chi connectivity index (χ2v) is 8.98. The van der Waals surface area contributed by atoms with Crippen LogP contribution in [0.1, 0.15) is 61.3 Å². The van der Waals surface area contributed by atoms with Gasteiger partial charge in [0.1, 0.15) is 5.01 Å². The number of unbranched alkanes of at least 4 members (excludes halogenated alkanes) is 1. The number of amides is 1. The number of rotatable bonds is 11. The molecule has 0 aromatic carbocycles. The number of nitrogens with one attached hydrogen (secondary N) is 1. The van der Waals surface area contributed by atoms with Crippen LogP contribution in [0.4, 0.5) is 0 Å². The molecule has 3 heterocycles. The highest BCUT2D eigenvalue weighted by molar-refractivity contribution is 7.13. The molecule has 3 aromatic rings. The van der Waals surface area contributed by atoms with E-state index in [2.05, 4.69) is 28.7 Å². The topological polar surface area (TPSA) is 69.0 Å². The minimum Gasteiger partial charge on any atom is -0.383 e. The zero-order valence-corrected chi connectivity index (χ0v) is 20.6. The Bertz CT molecular complexity index is 1020. The second-order valence-electron chi connectivity index (χ2n) is 8.12. The van der Waals surface area contributed by atoms with E-state index in [1.54, 1.807) is 18.4 Å². The van der Waals surface area contributed by atoms with Crippen LogP contribution >= 0.6 is 11.3 Å². The molecule has 0 aliphatic rings. The molecule has 1 atom stereocenters. The smallest absolute Gasteiger partial charge is 0.253 e. The predicted octanol–water partition coefficient (Wildman–Crippen LogP) is 5.64. The number of hydrogen-bond acceptors (Lipinski definition) is 5. The lowest BCUT2D eigenvalue weighted by atomic mass is 10.1. The molecule has 0 saturated carbocycles. The predicted molar refractivity (Wildman–Crippen MR) is 131 cm³/mol. The third-order valence-electron chi connectivity index (χ3n) is 5.79. The lowest BCUT2D eigenvalue weighted by Crippen LogP contribution is -2.34. The maximum Gasteiger partial charge on any atom is 0.253 e. The van der Waals surface area contributed by atoms with E-state index in [1.165, 1.54) is 0 Å². The van der Waals surface area contributed by atoms with Crippen LogP contribution in [0.2, 0.25) is 0 Å². The first-order chi connectivity index (χ1) is 15.5. The van der Waals surface area contributed by atoms with Gasteiger partial charge in [0.15, 0.2) is 0 Å². The van der Waals surface area contributed by atoms with Gasteiger partial charge in [-0.15, -0.1) is 11.3 Å². The van der Waals surface area contributed by atoms with E-state index in [9.17, 15) is 4.79 Å². The number of carbonyl (C=O) groups excluding carboxylic acids is 1. The number of methoxy groups -OCH3 is 1. The van der Waals surface area contributed by atoms with E-state index in [0.717, 1.165) is 59.0 Å². The van der Waals surface area contributed by atoms with Gasteiger partial charge in [-0.1, -0.05) is 26.7 Å². The van der Waals surface area contributed by atoms with E-state index >= 15 is 0 Å². The Morgan fingerprint density at radius 1 is 1.28 bits per heavy atom. The van der Waals surface area contributed by atoms with Crippen molar-refractivity contribution in [1.82, 2.24) is 19.9 Å². The summed E-state index contributed by atoms with van der Waals surface area (Å²) in [5.74, 6) is -0.0129. The van der Waals surface area contributed by atoms with E-state index in [-0.39, 0.29) is 11.9 Å². The van der Waals surface area contributed by atoms with Gasteiger partial charge in [0.25, 0.3) is 5.91 Å². The Morgan fingerprint density at radius 2 is 2.09 bits per heavy atom. The van der Waals surface area contributed by atoms with Gasteiger partial charge < -0.3 is 14.6 Å². The summed E-state index contributed by atoms with van der Waals surface area (Å²) >= 11 is 1.59. The molecule has 0 spiro atoms. The second kappa shape index (κ2) is 11.4. The molecule has 0 bridgehead atoms. The summed E-state index contributed by atoms with van der Waals surface area (Å²) < 4.78 is 7.46. The normalized spacial score (nSPS) is 12.2. The van der Waals surface area contributed by atoms with Crippen LogP contribution in [0.25, 0.3) is 22.0 Å². The Morgan fingerprint density at radius 3 is 2.75 bits per heavy atom. The fraction of sp³-hybridized carbons (Fsp3) is 0.480. The first-order valence-corrected chi connectivity index (χ1v) is 12.2. The van der Waals surface area contributed by atoms with Crippen molar-refractivity contribution < 1.29 is 9.53 Å². The fourth-order valence-corrected chi connectivity index (χ4v) is 4.57. The number of hydrogen-bond donors (Lipinski definition) is 1. The van der Waals surface area contributed by atoms with Crippen molar-refractivity contribution in [3.05, 3.63) is 46.7 Å². The molecule has 3 rings (SSSR count). The van der Waals surface area contributed by atoms with Gasteiger partial charge in [0, 0.05) is 48.2 Å². The summed E-state index contributed by atoms with van der Waals surface area (Å²) in [5, 5.41) is 6.20. The van der Waals surface area contributed by atoms with Gasteiger partial charge in [-0.05, 0) is 44.9 Å². The summed E-state index contributed by atoms with van der Waals surface area (Å²) in [6.45, 7) is 9.50. The molecule has 0 aliphatic heterocycles. The Labute approximate surface area is 195 Å². The van der Waals surface area contributed by atoms with Crippen LogP contribution in [0.15, 0.2) is 29.8 Å². The van der Waals surface area contributed by atoms with Crippen molar-refractivity contribution >= 4 is 17.2 Å². The van der Waals surface area contributed by atoms with Gasteiger partial charge in [-0.3, -0.25) is 9.78 Å². The Hall–Kier alpha value is -2.51. The molecule has 0 aliphatic carbocycles. The highest BCUT2D eigenvalue weighted by Crippen LogP contribution is 2.31. The lowest BCUT2D eigenvalue weighted by Gasteiger charge is -2.16. The largest absolute Gasteiger partial charge is 0.383 e. The summed E-state index contributed by atoms with van der Waals surface area (Å²) in [5.41, 5.74) is 5.42. The molecule has 0 saturated heterocycles. The van der Waals surface area contributed by atoms with E-state index in [0.29, 0.717) is 18.7 Å². The first kappa shape index (κ1) is 24.1. The van der Waals surface area contributed by atoms with Gasteiger partial charge in [-0.2, -0.15) is 0 Å². The number of pyridine rings is 1. The summed E-state index contributed by atoms with van der Waals surface area (Å²) in [7, 11) is 1.69. The van der Waals surface area contributed by atoms with Crippen LogP contribution in [-0.4, -0.2) is 40.2 Å². The number of ether oxygens (including phenoxy) is 1. The molecular weight excluding hydrogens is 420 g/mol. The molecule has 0 radical (unpaired) electrons. The quantitative estimate of drug-likeness (QED) is 0.407. The SMILES string of the molecule is CCCCC(CC)NC(=O)c1cc(-c2csc(-c3ccc(C)nc3)n2)n(CCOC)c1C. The van der Waals surface area contributed by atoms with Gasteiger partial charge >= 0.3 is 0 Å². The van der Waals surface area contributed by atoms with E-state index in [1.807, 2.05) is 43.6 Å². The zero-order chi connectivity index (χ0) is 23.1. The van der Waals surface area contributed by atoms with Crippen molar-refractivity contribution in [3.63, 3.8) is 0 Å². The summed E-state index contributed by atoms with van der Waals surface area (Å²) in [6, 6.07) is 6.21. The van der Waals surface area contributed by atoms with Gasteiger partial charge in [-0.25, -0.2) is 4.98 Å². The standard InChI is InChI=1S/C25H34N4O2S/c1-6-8-9-20(7-2)27-24(30)21-14-23(29(18(21)4)12-13-31-5)22-16-32-25(28-22)19-11-10-17(3)26-15-19/h10-11,14-16,20H,6-9,12-13H2,1-5H3,(H,27,30). The lowest BCUT2D eigenvalue weighted by molar-refractivity contribution is 0.0932. The third-order valence-corrected chi connectivity index (χ3v) is 6.68. The highest BCUT2D eigenvalue weighted by atomic mass is 32.1. The van der Waals surface area contributed by atoms with Crippen molar-refractivity contribution in [1.29, 1.82) is 0 Å². The molecule has 1 N–H and O–H groups in total. The number of aryl methyl sites for hydroxylation is 1. The summed E-state index contributed by atoms with van der Waals surface area (Å²) in [4.78, 5) is 22.4. The van der Waals surface area contributed by atoms with Crippen LogP contribution in [0.3, 0.4) is 0 Å². The summed E-state index contributed by atoms with van der Waals surface area (Å²) in [6.07, 6.45) is 6.04. The maximum atomic E-state index is 13.1. The van der Waals surface area contributed by atoms with E-state index < -0.39 is 0 Å². The molecule has 0 fully saturated rings. The zero-order valence-electron chi connectivity index (χ0n) is 19.8. The number of nitrogens with zero attached hydrogens (tertiary/aromatic N) is 3. The van der Waals surface area contributed by atoms with Crippen LogP contribution in [0.5, 0.6) is 0 Å². The number of aromatic nitrogens is 3. The Kier molecular flexibility index (Phi) is 8.59. The molecule has 3 aromatic heterocycles. The minimum absolute atomic E-state index is 0.0129. The fourth-order valence-electron chi connectivity index (χ4n) is 3.77. The van der Waals surface area contributed by atoms with Gasteiger partial charge in [0.2, 0.25) is 0 Å². The average Bonchev–Trinajstić information content (AvgIpc) is 3.40. The van der Waals surface area contributed by atoms with Crippen molar-refractivity contribution in [2.75, 3.05) is 13.7 Å². The number of thiazole rings is 1. The highest BCUT2D eigenvalue weighted by Gasteiger charge is 2.22. The molecule has 1 amide bonds. The third kappa shape index (κ3) is 5.64. The molecular formula is C25H34N4O2S. The Balaban J connectivity index is 1.92. The molecule has 172 valence electrons. The van der Waals surface area contributed by atoms with Crippen LogP contribution in [-0.2, 0) is 11.3 Å². The average molecular weight is 455 g/mol. The molecule has 6 nitrogen and oxygen atoms in total. The van der Waals surface area contributed by atoms with Crippen molar-refractivity contribution in [2.45, 2.75) is 66.0 Å².